The molecule has 0 bridgehead atoms. The summed E-state index contributed by atoms with van der Waals surface area (Å²) in [7, 11) is 1.76. The van der Waals surface area contributed by atoms with E-state index in [4.69, 9.17) is 18.6 Å². The van der Waals surface area contributed by atoms with Gasteiger partial charge in [0.15, 0.2) is 5.79 Å². The van der Waals surface area contributed by atoms with Gasteiger partial charge in [-0.05, 0) is 18.9 Å². The first-order valence-corrected chi connectivity index (χ1v) is 7.60. The third-order valence-corrected chi connectivity index (χ3v) is 4.67. The van der Waals surface area contributed by atoms with E-state index in [0.717, 1.165) is 42.2 Å². The second-order valence-electron chi connectivity index (χ2n) is 5.97. The summed E-state index contributed by atoms with van der Waals surface area (Å²) in [5.74, 6) is -0.470. The fourth-order valence-electron chi connectivity index (χ4n) is 3.55. The van der Waals surface area contributed by atoms with Gasteiger partial charge < -0.3 is 18.6 Å². The van der Waals surface area contributed by atoms with Crippen LogP contribution in [0.2, 0.25) is 0 Å². The van der Waals surface area contributed by atoms with E-state index in [2.05, 4.69) is 6.07 Å². The molecule has 1 saturated carbocycles. The summed E-state index contributed by atoms with van der Waals surface area (Å²) < 4.78 is 23.5. The minimum absolute atomic E-state index is 0.0516. The zero-order valence-electron chi connectivity index (χ0n) is 12.2. The van der Waals surface area contributed by atoms with Gasteiger partial charge in [0.25, 0.3) is 0 Å². The van der Waals surface area contributed by atoms with Crippen LogP contribution < -0.4 is 0 Å². The number of methoxy groups -OCH3 is 1. The minimum atomic E-state index is -0.470. The number of hydrogen-bond acceptors (Lipinski definition) is 4. The quantitative estimate of drug-likeness (QED) is 0.842. The van der Waals surface area contributed by atoms with Gasteiger partial charge in [-0.25, -0.2) is 0 Å². The van der Waals surface area contributed by atoms with Crippen LogP contribution in [-0.2, 0) is 14.2 Å². The van der Waals surface area contributed by atoms with Crippen molar-refractivity contribution in [1.82, 2.24) is 0 Å². The van der Waals surface area contributed by atoms with E-state index in [-0.39, 0.29) is 12.2 Å². The van der Waals surface area contributed by atoms with Crippen molar-refractivity contribution in [2.45, 2.75) is 43.7 Å². The SMILES string of the molecule is COC1CCCC2(C1)OCC(c1coc3ccccc13)O2. The molecule has 0 amide bonds. The van der Waals surface area contributed by atoms with Gasteiger partial charge in [-0.2, -0.15) is 0 Å². The lowest BCUT2D eigenvalue weighted by molar-refractivity contribution is -0.208. The number of furan rings is 1. The molecule has 1 saturated heterocycles. The van der Waals surface area contributed by atoms with Crippen molar-refractivity contribution in [3.8, 4) is 0 Å². The largest absolute Gasteiger partial charge is 0.464 e. The number of para-hydroxylation sites is 1. The Kier molecular flexibility index (Phi) is 3.25. The topological polar surface area (TPSA) is 40.8 Å². The van der Waals surface area contributed by atoms with Crippen molar-refractivity contribution in [1.29, 1.82) is 0 Å². The molecule has 1 aromatic carbocycles. The molecule has 1 aliphatic carbocycles. The van der Waals surface area contributed by atoms with Crippen LogP contribution in [0.1, 0.15) is 37.4 Å². The monoisotopic (exact) mass is 288 g/mol. The molecule has 2 aromatic rings. The Labute approximate surface area is 124 Å². The standard InChI is InChI=1S/C17H20O4/c1-18-12-5-4-8-17(9-12)20-11-16(21-17)14-10-19-15-7-3-2-6-13(14)15/h2-3,6-7,10,12,16H,4-5,8-9,11H2,1H3. The van der Waals surface area contributed by atoms with Crippen LogP contribution >= 0.6 is 0 Å². The molecule has 2 aliphatic rings. The second kappa shape index (κ2) is 5.13. The Hall–Kier alpha value is -1.36. The van der Waals surface area contributed by atoms with Crippen LogP contribution in [0.25, 0.3) is 11.0 Å². The number of ether oxygens (including phenoxy) is 3. The van der Waals surface area contributed by atoms with Crippen LogP contribution in [0.4, 0.5) is 0 Å². The summed E-state index contributed by atoms with van der Waals surface area (Å²) in [5.41, 5.74) is 1.98. The maximum absolute atomic E-state index is 6.31. The molecule has 1 aromatic heterocycles. The summed E-state index contributed by atoms with van der Waals surface area (Å²) >= 11 is 0. The van der Waals surface area contributed by atoms with Gasteiger partial charge in [-0.15, -0.1) is 0 Å². The van der Waals surface area contributed by atoms with Crippen LogP contribution in [0.3, 0.4) is 0 Å². The molecule has 21 heavy (non-hydrogen) atoms. The molecular weight excluding hydrogens is 268 g/mol. The first-order chi connectivity index (χ1) is 10.3. The van der Waals surface area contributed by atoms with Gasteiger partial charge in [-0.3, -0.25) is 0 Å². The lowest BCUT2D eigenvalue weighted by Crippen LogP contribution is -2.39. The number of rotatable bonds is 2. The fourth-order valence-corrected chi connectivity index (χ4v) is 3.55. The lowest BCUT2D eigenvalue weighted by atomic mass is 9.91. The smallest absolute Gasteiger partial charge is 0.171 e. The molecule has 1 spiro atoms. The van der Waals surface area contributed by atoms with Crippen molar-refractivity contribution in [2.75, 3.05) is 13.7 Å². The predicted molar refractivity (Wildman–Crippen MR) is 78.0 cm³/mol. The number of benzene rings is 1. The summed E-state index contributed by atoms with van der Waals surface area (Å²) in [6.45, 7) is 0.583. The maximum atomic E-state index is 6.31. The summed E-state index contributed by atoms with van der Waals surface area (Å²) in [4.78, 5) is 0. The van der Waals surface area contributed by atoms with Crippen molar-refractivity contribution < 1.29 is 18.6 Å². The molecule has 2 heterocycles. The van der Waals surface area contributed by atoms with Crippen molar-refractivity contribution in [2.24, 2.45) is 0 Å². The highest BCUT2D eigenvalue weighted by Gasteiger charge is 2.46. The Bertz CT molecular complexity index is 635. The fraction of sp³-hybridized carbons (Fsp3) is 0.529. The predicted octanol–water partition coefficient (Wildman–Crippen LogP) is 3.81. The first-order valence-electron chi connectivity index (χ1n) is 7.60. The molecule has 2 fully saturated rings. The van der Waals surface area contributed by atoms with E-state index >= 15 is 0 Å². The van der Waals surface area contributed by atoms with Gasteiger partial charge in [-0.1, -0.05) is 18.2 Å². The summed E-state index contributed by atoms with van der Waals surface area (Å²) in [6, 6.07) is 8.05. The van der Waals surface area contributed by atoms with Crippen molar-refractivity contribution in [3.05, 3.63) is 36.1 Å². The maximum Gasteiger partial charge on any atom is 0.171 e. The van der Waals surface area contributed by atoms with Crippen LogP contribution in [-0.4, -0.2) is 25.6 Å². The highest BCUT2D eigenvalue weighted by Crippen LogP contribution is 2.44. The van der Waals surface area contributed by atoms with E-state index in [9.17, 15) is 0 Å². The van der Waals surface area contributed by atoms with E-state index in [1.54, 1.807) is 13.4 Å². The average Bonchev–Trinajstić information content (AvgIpc) is 3.12. The molecule has 4 nitrogen and oxygen atoms in total. The molecular formula is C17H20O4. The van der Waals surface area contributed by atoms with Crippen molar-refractivity contribution in [3.63, 3.8) is 0 Å². The second-order valence-corrected chi connectivity index (χ2v) is 5.97. The third-order valence-electron chi connectivity index (χ3n) is 4.67. The van der Waals surface area contributed by atoms with Gasteiger partial charge in [0.1, 0.15) is 11.7 Å². The van der Waals surface area contributed by atoms with Crippen molar-refractivity contribution >= 4 is 11.0 Å². The van der Waals surface area contributed by atoms with Crippen LogP contribution in [0.5, 0.6) is 0 Å². The Morgan fingerprint density at radius 2 is 2.19 bits per heavy atom. The summed E-state index contributed by atoms with van der Waals surface area (Å²) in [5, 5.41) is 1.11. The van der Waals surface area contributed by atoms with Gasteiger partial charge in [0, 0.05) is 30.9 Å². The van der Waals surface area contributed by atoms with Crippen LogP contribution in [0, 0.1) is 0 Å². The number of hydrogen-bond donors (Lipinski definition) is 0. The average molecular weight is 288 g/mol. The van der Waals surface area contributed by atoms with Gasteiger partial charge in [0.2, 0.25) is 0 Å². The Morgan fingerprint density at radius 1 is 1.29 bits per heavy atom. The molecule has 0 radical (unpaired) electrons. The molecule has 112 valence electrons. The molecule has 3 unspecified atom stereocenters. The van der Waals surface area contributed by atoms with Gasteiger partial charge >= 0.3 is 0 Å². The molecule has 0 N–H and O–H groups in total. The Balaban J connectivity index is 1.58. The normalized spacial score (nSPS) is 33.0. The van der Waals surface area contributed by atoms with E-state index in [0.29, 0.717) is 6.61 Å². The molecule has 1 aliphatic heterocycles. The first kappa shape index (κ1) is 13.3. The minimum Gasteiger partial charge on any atom is -0.464 e. The van der Waals surface area contributed by atoms with Gasteiger partial charge in [0.05, 0.1) is 19.0 Å². The molecule has 3 atom stereocenters. The third kappa shape index (κ3) is 2.27. The highest BCUT2D eigenvalue weighted by molar-refractivity contribution is 5.81. The molecule has 4 heteroatoms. The summed E-state index contributed by atoms with van der Waals surface area (Å²) in [6.07, 6.45) is 5.91. The Morgan fingerprint density at radius 3 is 3.10 bits per heavy atom. The van der Waals surface area contributed by atoms with E-state index < -0.39 is 5.79 Å². The van der Waals surface area contributed by atoms with Crippen LogP contribution in [0.15, 0.2) is 34.9 Å². The highest BCUT2D eigenvalue weighted by atomic mass is 16.7. The van der Waals surface area contributed by atoms with E-state index in [1.807, 2.05) is 18.2 Å². The number of fused-ring (bicyclic) bond motifs is 1. The van der Waals surface area contributed by atoms with E-state index in [1.165, 1.54) is 0 Å². The zero-order chi connectivity index (χ0) is 14.3. The lowest BCUT2D eigenvalue weighted by Gasteiger charge is -2.35. The molecule has 4 rings (SSSR count). The zero-order valence-corrected chi connectivity index (χ0v) is 12.2.